The number of carbonyl (C=O) groups excluding carboxylic acids is 1. The molecule has 1 atom stereocenters. The standard InChI is InChI=1S/C11H20FNO/c1-3-7-11(2,12)10(14)13-8-5-4-6-9-13/h3-9H2,1-2H3. The van der Waals surface area contributed by atoms with E-state index in [-0.39, 0.29) is 5.91 Å². The highest BCUT2D eigenvalue weighted by molar-refractivity contribution is 5.84. The van der Waals surface area contributed by atoms with E-state index in [2.05, 4.69) is 0 Å². The maximum atomic E-state index is 13.9. The molecule has 1 amide bonds. The molecule has 0 bridgehead atoms. The van der Waals surface area contributed by atoms with Crippen LogP contribution in [0, 0.1) is 0 Å². The van der Waals surface area contributed by atoms with E-state index in [1.807, 2.05) is 6.92 Å². The maximum Gasteiger partial charge on any atom is 0.259 e. The van der Waals surface area contributed by atoms with Crippen LogP contribution in [0.1, 0.15) is 46.0 Å². The second kappa shape index (κ2) is 4.76. The Balaban J connectivity index is 2.53. The van der Waals surface area contributed by atoms with Gasteiger partial charge in [-0.25, -0.2) is 4.39 Å². The number of nitrogens with zero attached hydrogens (tertiary/aromatic N) is 1. The largest absolute Gasteiger partial charge is 0.340 e. The van der Waals surface area contributed by atoms with Gasteiger partial charge < -0.3 is 4.90 Å². The average Bonchev–Trinajstić information content (AvgIpc) is 2.18. The van der Waals surface area contributed by atoms with Crippen LogP contribution in [0.5, 0.6) is 0 Å². The zero-order chi connectivity index (χ0) is 10.6. The van der Waals surface area contributed by atoms with E-state index in [0.29, 0.717) is 12.8 Å². The second-order valence-corrected chi connectivity index (χ2v) is 4.30. The smallest absolute Gasteiger partial charge is 0.259 e. The third-order valence-corrected chi connectivity index (χ3v) is 2.81. The molecule has 1 aliphatic heterocycles. The number of likely N-dealkylation sites (tertiary alicyclic amines) is 1. The number of rotatable bonds is 3. The van der Waals surface area contributed by atoms with Gasteiger partial charge in [-0.3, -0.25) is 4.79 Å². The molecule has 1 aliphatic rings. The first-order valence-electron chi connectivity index (χ1n) is 5.56. The molecule has 3 heteroatoms. The molecule has 1 saturated heterocycles. The van der Waals surface area contributed by atoms with Gasteiger partial charge in [0.2, 0.25) is 0 Å². The van der Waals surface area contributed by atoms with Crippen molar-refractivity contribution >= 4 is 5.91 Å². The van der Waals surface area contributed by atoms with Crippen molar-refractivity contribution in [2.45, 2.75) is 51.6 Å². The first kappa shape index (κ1) is 11.5. The quantitative estimate of drug-likeness (QED) is 0.687. The van der Waals surface area contributed by atoms with Gasteiger partial charge in [-0.2, -0.15) is 0 Å². The lowest BCUT2D eigenvalue weighted by Crippen LogP contribution is -2.46. The molecule has 0 aliphatic carbocycles. The van der Waals surface area contributed by atoms with E-state index in [9.17, 15) is 9.18 Å². The van der Waals surface area contributed by atoms with Crippen molar-refractivity contribution in [1.82, 2.24) is 4.90 Å². The zero-order valence-electron chi connectivity index (χ0n) is 9.18. The molecule has 0 N–H and O–H groups in total. The molecule has 0 aromatic heterocycles. The highest BCUT2D eigenvalue weighted by atomic mass is 19.1. The molecule has 1 unspecified atom stereocenters. The Kier molecular flexibility index (Phi) is 3.90. The minimum Gasteiger partial charge on any atom is -0.340 e. The van der Waals surface area contributed by atoms with E-state index in [1.165, 1.54) is 13.3 Å². The van der Waals surface area contributed by atoms with Crippen molar-refractivity contribution < 1.29 is 9.18 Å². The Morgan fingerprint density at radius 3 is 2.43 bits per heavy atom. The predicted molar refractivity (Wildman–Crippen MR) is 54.9 cm³/mol. The minimum atomic E-state index is -1.65. The van der Waals surface area contributed by atoms with E-state index in [4.69, 9.17) is 0 Å². The number of carbonyl (C=O) groups is 1. The van der Waals surface area contributed by atoms with Crippen molar-refractivity contribution in [3.63, 3.8) is 0 Å². The van der Waals surface area contributed by atoms with E-state index < -0.39 is 5.67 Å². The van der Waals surface area contributed by atoms with Crippen LogP contribution in [0.2, 0.25) is 0 Å². The average molecular weight is 201 g/mol. The summed E-state index contributed by atoms with van der Waals surface area (Å²) in [6.45, 7) is 4.79. The Morgan fingerprint density at radius 2 is 1.93 bits per heavy atom. The molecule has 1 heterocycles. The summed E-state index contributed by atoms with van der Waals surface area (Å²) in [6, 6.07) is 0. The van der Waals surface area contributed by atoms with Crippen LogP contribution in [0.3, 0.4) is 0 Å². The van der Waals surface area contributed by atoms with E-state index in [1.54, 1.807) is 4.90 Å². The zero-order valence-corrected chi connectivity index (χ0v) is 9.18. The van der Waals surface area contributed by atoms with Gasteiger partial charge >= 0.3 is 0 Å². The lowest BCUT2D eigenvalue weighted by molar-refractivity contribution is -0.144. The molecule has 82 valence electrons. The molecular formula is C11H20FNO. The fraction of sp³-hybridized carbons (Fsp3) is 0.909. The Morgan fingerprint density at radius 1 is 1.36 bits per heavy atom. The topological polar surface area (TPSA) is 20.3 Å². The predicted octanol–water partition coefficient (Wildman–Crippen LogP) is 2.53. The lowest BCUT2D eigenvalue weighted by atomic mass is 9.99. The molecule has 0 saturated carbocycles. The summed E-state index contributed by atoms with van der Waals surface area (Å²) in [5.41, 5.74) is -1.65. The van der Waals surface area contributed by atoms with Crippen molar-refractivity contribution in [3.8, 4) is 0 Å². The first-order chi connectivity index (χ1) is 6.58. The molecule has 2 nitrogen and oxygen atoms in total. The number of halogens is 1. The van der Waals surface area contributed by atoms with Gasteiger partial charge in [0.05, 0.1) is 0 Å². The highest BCUT2D eigenvalue weighted by Gasteiger charge is 2.35. The third kappa shape index (κ3) is 2.69. The minimum absolute atomic E-state index is 0.306. The van der Waals surface area contributed by atoms with Gasteiger partial charge in [0.15, 0.2) is 5.67 Å². The molecule has 0 aromatic carbocycles. The molecule has 0 radical (unpaired) electrons. The summed E-state index contributed by atoms with van der Waals surface area (Å²) in [6.07, 6.45) is 4.26. The van der Waals surface area contributed by atoms with Crippen LogP contribution < -0.4 is 0 Å². The van der Waals surface area contributed by atoms with Gasteiger partial charge in [-0.1, -0.05) is 13.3 Å². The summed E-state index contributed by atoms with van der Waals surface area (Å²) in [5, 5.41) is 0. The van der Waals surface area contributed by atoms with E-state index >= 15 is 0 Å². The van der Waals surface area contributed by atoms with E-state index in [0.717, 1.165) is 25.9 Å². The Bertz CT molecular complexity index is 197. The van der Waals surface area contributed by atoms with Gasteiger partial charge in [0.25, 0.3) is 5.91 Å². The van der Waals surface area contributed by atoms with Crippen LogP contribution in [-0.2, 0) is 4.79 Å². The third-order valence-electron chi connectivity index (χ3n) is 2.81. The number of alkyl halides is 1. The number of piperidine rings is 1. The summed E-state index contributed by atoms with van der Waals surface area (Å²) in [4.78, 5) is 13.4. The SMILES string of the molecule is CCCC(C)(F)C(=O)N1CCCCC1. The highest BCUT2D eigenvalue weighted by Crippen LogP contribution is 2.22. The van der Waals surface area contributed by atoms with Crippen molar-refractivity contribution in [3.05, 3.63) is 0 Å². The second-order valence-electron chi connectivity index (χ2n) is 4.30. The monoisotopic (exact) mass is 201 g/mol. The van der Waals surface area contributed by atoms with Crippen molar-refractivity contribution in [1.29, 1.82) is 0 Å². The lowest BCUT2D eigenvalue weighted by Gasteiger charge is -2.31. The Labute approximate surface area is 85.5 Å². The number of hydrogen-bond donors (Lipinski definition) is 0. The molecule has 0 aromatic rings. The molecule has 1 fully saturated rings. The van der Waals surface area contributed by atoms with Gasteiger partial charge in [0, 0.05) is 13.1 Å². The van der Waals surface area contributed by atoms with Crippen LogP contribution in [0.15, 0.2) is 0 Å². The summed E-state index contributed by atoms with van der Waals surface area (Å²) in [5.74, 6) is -0.306. The summed E-state index contributed by atoms with van der Waals surface area (Å²) >= 11 is 0. The number of amides is 1. The molecule has 14 heavy (non-hydrogen) atoms. The van der Waals surface area contributed by atoms with Crippen molar-refractivity contribution in [2.24, 2.45) is 0 Å². The molecule has 1 rings (SSSR count). The normalized spacial score (nSPS) is 21.8. The molecule has 0 spiro atoms. The fourth-order valence-electron chi connectivity index (χ4n) is 2.00. The van der Waals surface area contributed by atoms with Crippen LogP contribution in [0.25, 0.3) is 0 Å². The summed E-state index contributed by atoms with van der Waals surface area (Å²) in [7, 11) is 0. The van der Waals surface area contributed by atoms with Crippen LogP contribution >= 0.6 is 0 Å². The van der Waals surface area contributed by atoms with Crippen LogP contribution in [-0.4, -0.2) is 29.6 Å². The Hall–Kier alpha value is -0.600. The van der Waals surface area contributed by atoms with Gasteiger partial charge in [-0.05, 0) is 32.6 Å². The summed E-state index contributed by atoms with van der Waals surface area (Å²) < 4.78 is 13.9. The fourth-order valence-corrected chi connectivity index (χ4v) is 2.00. The van der Waals surface area contributed by atoms with Gasteiger partial charge in [-0.15, -0.1) is 0 Å². The number of hydrogen-bond acceptors (Lipinski definition) is 1. The first-order valence-corrected chi connectivity index (χ1v) is 5.56. The van der Waals surface area contributed by atoms with Crippen LogP contribution in [0.4, 0.5) is 4.39 Å². The van der Waals surface area contributed by atoms with Crippen molar-refractivity contribution in [2.75, 3.05) is 13.1 Å². The van der Waals surface area contributed by atoms with Gasteiger partial charge in [0.1, 0.15) is 0 Å². The molecular weight excluding hydrogens is 181 g/mol. The maximum absolute atomic E-state index is 13.9.